The number of pyridine rings is 1. The topological polar surface area (TPSA) is 68.0 Å². The van der Waals surface area contributed by atoms with E-state index >= 15 is 0 Å². The van der Waals surface area contributed by atoms with Gasteiger partial charge in [0, 0.05) is 11.3 Å². The zero-order valence-corrected chi connectivity index (χ0v) is 11.5. The van der Waals surface area contributed by atoms with Gasteiger partial charge in [-0.25, -0.2) is 0 Å². The molecule has 2 rings (SSSR count). The monoisotopic (exact) mass is 275 g/mol. The van der Waals surface area contributed by atoms with Crippen molar-refractivity contribution in [2.45, 2.75) is 13.8 Å². The molecule has 98 valence electrons. The molecule has 1 heterocycles. The average molecular weight is 276 g/mol. The Balaban J connectivity index is 2.23. The van der Waals surface area contributed by atoms with Gasteiger partial charge < -0.3 is 11.1 Å². The van der Waals surface area contributed by atoms with Gasteiger partial charge in [0.05, 0.1) is 22.1 Å². The lowest BCUT2D eigenvalue weighted by Crippen LogP contribution is -2.13. The quantitative estimate of drug-likeness (QED) is 0.827. The molecule has 0 saturated carbocycles. The summed E-state index contributed by atoms with van der Waals surface area (Å²) in [7, 11) is 0. The molecule has 1 aromatic heterocycles. The molecule has 0 bridgehead atoms. The number of nitrogens with two attached hydrogens (primary N) is 1. The molecule has 0 saturated heterocycles. The number of aromatic nitrogens is 1. The largest absolute Gasteiger partial charge is 0.398 e. The van der Waals surface area contributed by atoms with Gasteiger partial charge in [-0.2, -0.15) is 0 Å². The summed E-state index contributed by atoms with van der Waals surface area (Å²) in [5.74, 6) is -0.239. The third-order valence-electron chi connectivity index (χ3n) is 2.73. The van der Waals surface area contributed by atoms with E-state index in [1.807, 2.05) is 26.0 Å². The molecule has 1 amide bonds. The van der Waals surface area contributed by atoms with Crippen molar-refractivity contribution in [3.05, 3.63) is 52.3 Å². The van der Waals surface area contributed by atoms with Crippen molar-refractivity contribution in [2.75, 3.05) is 11.1 Å². The molecule has 0 spiro atoms. The van der Waals surface area contributed by atoms with Crippen LogP contribution in [0.15, 0.2) is 30.3 Å². The first kappa shape index (κ1) is 13.4. The number of carbonyl (C=O) groups excluding carboxylic acids is 1. The molecule has 19 heavy (non-hydrogen) atoms. The summed E-state index contributed by atoms with van der Waals surface area (Å²) in [6.45, 7) is 3.75. The smallest absolute Gasteiger partial charge is 0.255 e. The number of carbonyl (C=O) groups is 1. The highest BCUT2D eigenvalue weighted by atomic mass is 35.5. The van der Waals surface area contributed by atoms with E-state index in [0.717, 1.165) is 11.4 Å². The van der Waals surface area contributed by atoms with E-state index in [1.54, 1.807) is 18.2 Å². The van der Waals surface area contributed by atoms with Crippen LogP contribution in [0.2, 0.25) is 5.02 Å². The predicted octanol–water partition coefficient (Wildman–Crippen LogP) is 3.19. The molecule has 0 aliphatic heterocycles. The van der Waals surface area contributed by atoms with Crippen LogP contribution in [0.25, 0.3) is 0 Å². The summed E-state index contributed by atoms with van der Waals surface area (Å²) in [4.78, 5) is 16.4. The van der Waals surface area contributed by atoms with E-state index in [2.05, 4.69) is 10.3 Å². The Hall–Kier alpha value is -2.07. The summed E-state index contributed by atoms with van der Waals surface area (Å²) in [5.41, 5.74) is 8.89. The zero-order valence-electron chi connectivity index (χ0n) is 10.7. The summed E-state index contributed by atoms with van der Waals surface area (Å²) in [6, 6.07) is 8.46. The number of anilines is 2. The molecular formula is C14H14ClN3O. The van der Waals surface area contributed by atoms with Crippen molar-refractivity contribution >= 4 is 28.9 Å². The molecule has 1 aromatic carbocycles. The third-order valence-corrected chi connectivity index (χ3v) is 3.08. The highest BCUT2D eigenvalue weighted by molar-refractivity contribution is 6.33. The van der Waals surface area contributed by atoms with Crippen LogP contribution in [-0.2, 0) is 0 Å². The van der Waals surface area contributed by atoms with Crippen molar-refractivity contribution in [2.24, 2.45) is 0 Å². The van der Waals surface area contributed by atoms with Crippen molar-refractivity contribution in [1.29, 1.82) is 0 Å². The lowest BCUT2D eigenvalue weighted by atomic mass is 10.2. The van der Waals surface area contributed by atoms with Crippen LogP contribution in [0.3, 0.4) is 0 Å². The lowest BCUT2D eigenvalue weighted by molar-refractivity contribution is 0.102. The number of benzene rings is 1. The molecule has 0 atom stereocenters. The first-order valence-corrected chi connectivity index (χ1v) is 6.16. The molecular weight excluding hydrogens is 262 g/mol. The number of nitrogens with zero attached hydrogens (tertiary/aromatic N) is 1. The van der Waals surface area contributed by atoms with Gasteiger partial charge in [-0.15, -0.1) is 0 Å². The van der Waals surface area contributed by atoms with Crippen LogP contribution >= 0.6 is 11.6 Å². The zero-order chi connectivity index (χ0) is 14.0. The molecule has 0 unspecified atom stereocenters. The Morgan fingerprint density at radius 3 is 2.63 bits per heavy atom. The fourth-order valence-electron chi connectivity index (χ4n) is 1.70. The van der Waals surface area contributed by atoms with E-state index in [0.29, 0.717) is 22.0 Å². The van der Waals surface area contributed by atoms with Gasteiger partial charge >= 0.3 is 0 Å². The predicted molar refractivity (Wildman–Crippen MR) is 77.5 cm³/mol. The summed E-state index contributed by atoms with van der Waals surface area (Å²) >= 11 is 5.82. The Kier molecular flexibility index (Phi) is 3.71. The maximum absolute atomic E-state index is 12.1. The normalized spacial score (nSPS) is 10.3. The number of aryl methyl sites for hydroxylation is 2. The van der Waals surface area contributed by atoms with Crippen LogP contribution in [-0.4, -0.2) is 10.9 Å². The average Bonchev–Trinajstić information content (AvgIpc) is 2.36. The second kappa shape index (κ2) is 5.28. The van der Waals surface area contributed by atoms with E-state index in [4.69, 9.17) is 17.3 Å². The minimum atomic E-state index is -0.239. The number of nitrogens with one attached hydrogen (secondary N) is 1. The Labute approximate surface area is 116 Å². The molecule has 4 nitrogen and oxygen atoms in total. The summed E-state index contributed by atoms with van der Waals surface area (Å²) < 4.78 is 0. The van der Waals surface area contributed by atoms with Crippen molar-refractivity contribution in [3.8, 4) is 0 Å². The maximum Gasteiger partial charge on any atom is 0.255 e. The van der Waals surface area contributed by atoms with Crippen molar-refractivity contribution < 1.29 is 4.79 Å². The minimum Gasteiger partial charge on any atom is -0.398 e. The van der Waals surface area contributed by atoms with Crippen molar-refractivity contribution in [1.82, 2.24) is 4.98 Å². The number of hydrogen-bond acceptors (Lipinski definition) is 3. The second-order valence-corrected chi connectivity index (χ2v) is 4.68. The fourth-order valence-corrected chi connectivity index (χ4v) is 1.82. The number of nitrogen functional groups attached to an aromatic ring is 1. The first-order valence-electron chi connectivity index (χ1n) is 5.78. The van der Waals surface area contributed by atoms with Gasteiger partial charge in [-0.3, -0.25) is 9.78 Å². The van der Waals surface area contributed by atoms with Crippen LogP contribution < -0.4 is 11.1 Å². The van der Waals surface area contributed by atoms with Crippen LogP contribution in [0.1, 0.15) is 21.7 Å². The number of rotatable bonds is 2. The van der Waals surface area contributed by atoms with Crippen LogP contribution in [0.5, 0.6) is 0 Å². The summed E-state index contributed by atoms with van der Waals surface area (Å²) in [6.07, 6.45) is 0. The van der Waals surface area contributed by atoms with E-state index in [9.17, 15) is 4.79 Å². The summed E-state index contributed by atoms with van der Waals surface area (Å²) in [5, 5.41) is 3.24. The SMILES string of the molecule is Cc1ccc(NC(=O)c2ccc(Cl)c(N)c2)c(C)n1. The Morgan fingerprint density at radius 2 is 2.00 bits per heavy atom. The number of halogens is 1. The number of hydrogen-bond donors (Lipinski definition) is 2. The molecule has 0 aliphatic rings. The third kappa shape index (κ3) is 3.03. The molecule has 0 radical (unpaired) electrons. The van der Waals surface area contributed by atoms with Crippen LogP contribution in [0, 0.1) is 13.8 Å². The lowest BCUT2D eigenvalue weighted by Gasteiger charge is -2.09. The first-order chi connectivity index (χ1) is 8.97. The van der Waals surface area contributed by atoms with Gasteiger partial charge in [0.15, 0.2) is 0 Å². The van der Waals surface area contributed by atoms with Gasteiger partial charge in [-0.1, -0.05) is 11.6 Å². The van der Waals surface area contributed by atoms with E-state index < -0.39 is 0 Å². The van der Waals surface area contributed by atoms with Crippen LogP contribution in [0.4, 0.5) is 11.4 Å². The minimum absolute atomic E-state index is 0.239. The molecule has 5 heteroatoms. The number of amides is 1. The maximum atomic E-state index is 12.1. The molecule has 2 aromatic rings. The highest BCUT2D eigenvalue weighted by Gasteiger charge is 2.09. The van der Waals surface area contributed by atoms with Gasteiger partial charge in [0.2, 0.25) is 0 Å². The Bertz CT molecular complexity index is 641. The molecule has 0 fully saturated rings. The fraction of sp³-hybridized carbons (Fsp3) is 0.143. The highest BCUT2D eigenvalue weighted by Crippen LogP contribution is 2.20. The van der Waals surface area contributed by atoms with Gasteiger partial charge in [-0.05, 0) is 44.2 Å². The van der Waals surface area contributed by atoms with Gasteiger partial charge in [0.1, 0.15) is 0 Å². The molecule has 3 N–H and O–H groups in total. The van der Waals surface area contributed by atoms with Gasteiger partial charge in [0.25, 0.3) is 5.91 Å². The van der Waals surface area contributed by atoms with E-state index in [-0.39, 0.29) is 5.91 Å². The standard InChI is InChI=1S/C14H14ClN3O/c1-8-3-6-13(9(2)17-8)18-14(19)10-4-5-11(15)12(16)7-10/h3-7H,16H2,1-2H3,(H,18,19). The second-order valence-electron chi connectivity index (χ2n) is 4.28. The van der Waals surface area contributed by atoms with E-state index in [1.165, 1.54) is 0 Å². The Morgan fingerprint density at radius 1 is 1.26 bits per heavy atom. The molecule has 0 aliphatic carbocycles. The van der Waals surface area contributed by atoms with Crippen molar-refractivity contribution in [3.63, 3.8) is 0 Å².